The van der Waals surface area contributed by atoms with Crippen LogP contribution in [0, 0.1) is 0 Å². The van der Waals surface area contributed by atoms with Gasteiger partial charge >= 0.3 is 0 Å². The summed E-state index contributed by atoms with van der Waals surface area (Å²) in [5.41, 5.74) is 0.338. The molecule has 1 aliphatic rings. The Morgan fingerprint density at radius 1 is 1.44 bits per heavy atom. The van der Waals surface area contributed by atoms with Crippen LogP contribution in [-0.2, 0) is 16.0 Å². The number of nitrogens with one attached hydrogen (secondary N) is 1. The first-order chi connectivity index (χ1) is 8.60. The summed E-state index contributed by atoms with van der Waals surface area (Å²) in [5.74, 6) is -0.413. The van der Waals surface area contributed by atoms with Crippen LogP contribution >= 0.6 is 11.3 Å². The number of nitrogens with zero attached hydrogens (tertiary/aromatic N) is 4. The topological polar surface area (TPSA) is 87.6 Å². The van der Waals surface area contributed by atoms with Crippen LogP contribution in [0.4, 0.5) is 5.13 Å². The summed E-state index contributed by atoms with van der Waals surface area (Å²) >= 11 is 1.34. The Kier molecular flexibility index (Phi) is 3.66. The summed E-state index contributed by atoms with van der Waals surface area (Å²) in [6, 6.07) is 0. The van der Waals surface area contributed by atoms with Gasteiger partial charge in [-0.15, -0.1) is 10.2 Å². The van der Waals surface area contributed by atoms with E-state index in [-0.39, 0.29) is 11.8 Å². The van der Waals surface area contributed by atoms with Crippen molar-refractivity contribution in [1.82, 2.24) is 15.2 Å². The van der Waals surface area contributed by atoms with E-state index in [1.165, 1.54) is 23.4 Å². The summed E-state index contributed by atoms with van der Waals surface area (Å²) < 4.78 is 0. The second-order valence-corrected chi connectivity index (χ2v) is 4.83. The zero-order valence-corrected chi connectivity index (χ0v) is 11.0. The third kappa shape index (κ3) is 2.70. The molecule has 0 radical (unpaired) electrons. The van der Waals surface area contributed by atoms with E-state index in [1.807, 2.05) is 6.92 Å². The monoisotopic (exact) mass is 267 g/mol. The van der Waals surface area contributed by atoms with Crippen LogP contribution in [-0.4, -0.2) is 39.8 Å². The Morgan fingerprint density at radius 2 is 2.22 bits per heavy atom. The van der Waals surface area contributed by atoms with Crippen molar-refractivity contribution in [2.45, 2.75) is 26.2 Å². The van der Waals surface area contributed by atoms with Crippen LogP contribution in [0.5, 0.6) is 0 Å². The summed E-state index contributed by atoms with van der Waals surface area (Å²) in [6.45, 7) is 1.97. The minimum atomic E-state index is -0.326. The fraction of sp³-hybridized carbons (Fsp3) is 0.500. The standard InChI is InChI=1S/C10H13N5O2S/c1-3-7-12-13-10(18-7)11-9(17)6-4-5-8(16)15(2)14-6/h3-5H2,1-2H3,(H,11,13,17). The number of carbonyl (C=O) groups excluding carboxylic acids is 2. The van der Waals surface area contributed by atoms with Gasteiger partial charge in [-0.05, 0) is 6.42 Å². The van der Waals surface area contributed by atoms with Crippen LogP contribution in [0.1, 0.15) is 24.8 Å². The van der Waals surface area contributed by atoms with Crippen molar-refractivity contribution in [2.75, 3.05) is 12.4 Å². The zero-order valence-electron chi connectivity index (χ0n) is 10.1. The van der Waals surface area contributed by atoms with E-state index in [2.05, 4.69) is 20.6 Å². The smallest absolute Gasteiger partial charge is 0.273 e. The molecule has 0 spiro atoms. The molecule has 0 aliphatic carbocycles. The van der Waals surface area contributed by atoms with Gasteiger partial charge in [0, 0.05) is 19.9 Å². The average molecular weight is 267 g/mol. The minimum absolute atomic E-state index is 0.0873. The number of aryl methyl sites for hydroxylation is 1. The Bertz CT molecular complexity index is 510. The third-order valence-electron chi connectivity index (χ3n) is 2.46. The Morgan fingerprint density at radius 3 is 2.83 bits per heavy atom. The molecule has 1 aliphatic heterocycles. The number of anilines is 1. The van der Waals surface area contributed by atoms with Gasteiger partial charge in [0.15, 0.2) is 0 Å². The lowest BCUT2D eigenvalue weighted by Crippen LogP contribution is -2.34. The fourth-order valence-corrected chi connectivity index (χ4v) is 2.12. The first kappa shape index (κ1) is 12.6. The number of amides is 2. The lowest BCUT2D eigenvalue weighted by atomic mass is 10.1. The molecule has 0 unspecified atom stereocenters. The lowest BCUT2D eigenvalue weighted by Gasteiger charge is -2.18. The van der Waals surface area contributed by atoms with Crippen molar-refractivity contribution in [1.29, 1.82) is 0 Å². The highest BCUT2D eigenvalue weighted by Crippen LogP contribution is 2.16. The maximum Gasteiger partial charge on any atom is 0.273 e. The minimum Gasteiger partial charge on any atom is -0.295 e. The molecule has 1 N–H and O–H groups in total. The van der Waals surface area contributed by atoms with Gasteiger partial charge in [0.05, 0.1) is 0 Å². The Hall–Kier alpha value is -1.83. The molecular formula is C10H13N5O2S. The molecule has 1 aromatic heterocycles. The molecule has 0 saturated carbocycles. The first-order valence-electron chi connectivity index (χ1n) is 5.58. The summed E-state index contributed by atoms with van der Waals surface area (Å²) in [6.07, 6.45) is 1.44. The van der Waals surface area contributed by atoms with Gasteiger partial charge in [0.2, 0.25) is 11.0 Å². The normalized spacial score (nSPS) is 15.6. The molecule has 96 valence electrons. The van der Waals surface area contributed by atoms with Crippen molar-refractivity contribution in [2.24, 2.45) is 5.10 Å². The summed E-state index contributed by atoms with van der Waals surface area (Å²) in [7, 11) is 1.54. The van der Waals surface area contributed by atoms with E-state index in [9.17, 15) is 9.59 Å². The molecule has 2 heterocycles. The highest BCUT2D eigenvalue weighted by molar-refractivity contribution is 7.15. The SMILES string of the molecule is CCc1nnc(NC(=O)C2=NN(C)C(=O)CC2)s1. The van der Waals surface area contributed by atoms with E-state index in [0.29, 0.717) is 23.7 Å². The summed E-state index contributed by atoms with van der Waals surface area (Å²) in [4.78, 5) is 23.1. The second kappa shape index (κ2) is 5.21. The Labute approximate surface area is 108 Å². The predicted octanol–water partition coefficient (Wildman–Crippen LogP) is 0.647. The van der Waals surface area contributed by atoms with Crippen LogP contribution in [0.3, 0.4) is 0 Å². The zero-order chi connectivity index (χ0) is 13.1. The average Bonchev–Trinajstić information content (AvgIpc) is 2.80. The molecule has 7 nitrogen and oxygen atoms in total. The van der Waals surface area contributed by atoms with Gasteiger partial charge < -0.3 is 0 Å². The van der Waals surface area contributed by atoms with Gasteiger partial charge in [-0.1, -0.05) is 18.3 Å². The molecule has 0 bridgehead atoms. The molecular weight excluding hydrogens is 254 g/mol. The molecule has 0 atom stereocenters. The van der Waals surface area contributed by atoms with E-state index in [4.69, 9.17) is 0 Å². The Balaban J connectivity index is 2.04. The molecule has 2 rings (SSSR count). The van der Waals surface area contributed by atoms with Gasteiger partial charge in [-0.2, -0.15) is 5.10 Å². The van der Waals surface area contributed by atoms with E-state index < -0.39 is 0 Å². The van der Waals surface area contributed by atoms with Gasteiger partial charge in [-0.25, -0.2) is 5.01 Å². The summed E-state index contributed by atoms with van der Waals surface area (Å²) in [5, 5.41) is 16.8. The quantitative estimate of drug-likeness (QED) is 0.870. The van der Waals surface area contributed by atoms with E-state index in [0.717, 1.165) is 11.4 Å². The van der Waals surface area contributed by atoms with Crippen LogP contribution in [0.15, 0.2) is 5.10 Å². The van der Waals surface area contributed by atoms with Gasteiger partial charge in [0.1, 0.15) is 10.7 Å². The van der Waals surface area contributed by atoms with Crippen molar-refractivity contribution >= 4 is 34.0 Å². The van der Waals surface area contributed by atoms with E-state index >= 15 is 0 Å². The maximum absolute atomic E-state index is 11.9. The number of hydrogen-bond donors (Lipinski definition) is 1. The van der Waals surface area contributed by atoms with Crippen molar-refractivity contribution in [3.05, 3.63) is 5.01 Å². The van der Waals surface area contributed by atoms with Gasteiger partial charge in [-0.3, -0.25) is 14.9 Å². The molecule has 8 heteroatoms. The first-order valence-corrected chi connectivity index (χ1v) is 6.39. The largest absolute Gasteiger partial charge is 0.295 e. The maximum atomic E-state index is 11.9. The number of hydrogen-bond acceptors (Lipinski definition) is 6. The lowest BCUT2D eigenvalue weighted by molar-refractivity contribution is -0.130. The third-order valence-corrected chi connectivity index (χ3v) is 3.44. The second-order valence-electron chi connectivity index (χ2n) is 3.77. The van der Waals surface area contributed by atoms with Crippen molar-refractivity contribution in [3.63, 3.8) is 0 Å². The number of carbonyl (C=O) groups is 2. The van der Waals surface area contributed by atoms with Crippen molar-refractivity contribution < 1.29 is 9.59 Å². The predicted molar refractivity (Wildman–Crippen MR) is 67.4 cm³/mol. The van der Waals surface area contributed by atoms with Gasteiger partial charge in [0.25, 0.3) is 5.91 Å². The van der Waals surface area contributed by atoms with Crippen LogP contribution in [0.2, 0.25) is 0 Å². The molecule has 2 amide bonds. The number of rotatable bonds is 3. The molecule has 18 heavy (non-hydrogen) atoms. The molecule has 0 saturated heterocycles. The molecule has 1 aromatic rings. The molecule has 0 aromatic carbocycles. The van der Waals surface area contributed by atoms with Crippen molar-refractivity contribution in [3.8, 4) is 0 Å². The highest BCUT2D eigenvalue weighted by atomic mass is 32.1. The van der Waals surface area contributed by atoms with E-state index in [1.54, 1.807) is 0 Å². The van der Waals surface area contributed by atoms with Crippen LogP contribution in [0.25, 0.3) is 0 Å². The number of aromatic nitrogens is 2. The highest BCUT2D eigenvalue weighted by Gasteiger charge is 2.22. The van der Waals surface area contributed by atoms with Crippen LogP contribution < -0.4 is 5.32 Å². The fourth-order valence-electron chi connectivity index (χ4n) is 1.45. The molecule has 0 fully saturated rings. The number of hydrazone groups is 1.